The van der Waals surface area contributed by atoms with Crippen LogP contribution in [-0.4, -0.2) is 18.2 Å². The summed E-state index contributed by atoms with van der Waals surface area (Å²) in [5, 5.41) is 12.2. The minimum absolute atomic E-state index is 0.379. The molecule has 0 aliphatic heterocycles. The third kappa shape index (κ3) is 4.16. The molecule has 0 atom stereocenters. The molecule has 0 saturated heterocycles. The topological polar surface area (TPSA) is 58.6 Å². The van der Waals surface area contributed by atoms with Crippen molar-refractivity contribution >= 4 is 17.3 Å². The standard InChI is InChI=1S/C15H17NO3S/c1-19-10-12-4-2-3-11(7-12)8-16-9-13-5-6-14(20-13)15(17)18/h2-7,16H,8-10H2,1H3,(H,17,18). The molecule has 106 valence electrons. The first-order chi connectivity index (χ1) is 9.69. The van der Waals surface area contributed by atoms with Gasteiger partial charge in [-0.15, -0.1) is 11.3 Å². The molecule has 0 unspecified atom stereocenters. The zero-order valence-corrected chi connectivity index (χ0v) is 12.1. The molecule has 0 radical (unpaired) electrons. The van der Waals surface area contributed by atoms with E-state index in [9.17, 15) is 4.79 Å². The van der Waals surface area contributed by atoms with Crippen LogP contribution in [0.25, 0.3) is 0 Å². The molecule has 1 aromatic heterocycles. The first-order valence-corrected chi connectivity index (χ1v) is 7.10. The van der Waals surface area contributed by atoms with Crippen molar-refractivity contribution in [1.82, 2.24) is 5.32 Å². The van der Waals surface area contributed by atoms with Crippen molar-refractivity contribution in [2.75, 3.05) is 7.11 Å². The van der Waals surface area contributed by atoms with E-state index in [1.54, 1.807) is 13.2 Å². The molecule has 0 aliphatic rings. The van der Waals surface area contributed by atoms with Crippen LogP contribution in [0.15, 0.2) is 36.4 Å². The van der Waals surface area contributed by atoms with Crippen LogP contribution < -0.4 is 5.32 Å². The van der Waals surface area contributed by atoms with Crippen molar-refractivity contribution in [2.24, 2.45) is 0 Å². The molecule has 0 bridgehead atoms. The SMILES string of the molecule is COCc1cccc(CNCc2ccc(C(=O)O)s2)c1. The Balaban J connectivity index is 1.85. The highest BCUT2D eigenvalue weighted by Gasteiger charge is 2.06. The largest absolute Gasteiger partial charge is 0.477 e. The monoisotopic (exact) mass is 291 g/mol. The summed E-state index contributed by atoms with van der Waals surface area (Å²) in [6, 6.07) is 11.7. The van der Waals surface area contributed by atoms with E-state index < -0.39 is 5.97 Å². The van der Waals surface area contributed by atoms with Crippen molar-refractivity contribution in [3.8, 4) is 0 Å². The number of ether oxygens (including phenoxy) is 1. The van der Waals surface area contributed by atoms with Gasteiger partial charge in [0.15, 0.2) is 0 Å². The molecule has 0 spiro atoms. The number of hydrogen-bond donors (Lipinski definition) is 2. The zero-order valence-electron chi connectivity index (χ0n) is 11.3. The van der Waals surface area contributed by atoms with Gasteiger partial charge in [0, 0.05) is 25.1 Å². The Kier molecular flexibility index (Phi) is 5.29. The van der Waals surface area contributed by atoms with Crippen LogP contribution in [0.3, 0.4) is 0 Å². The van der Waals surface area contributed by atoms with Gasteiger partial charge in [-0.05, 0) is 23.3 Å². The molecule has 1 heterocycles. The summed E-state index contributed by atoms with van der Waals surface area (Å²) in [7, 11) is 1.68. The number of methoxy groups -OCH3 is 1. The Bertz CT molecular complexity index is 580. The van der Waals surface area contributed by atoms with Crippen LogP contribution in [0.1, 0.15) is 25.7 Å². The average molecular weight is 291 g/mol. The highest BCUT2D eigenvalue weighted by Crippen LogP contribution is 2.16. The Morgan fingerprint density at radius 1 is 1.25 bits per heavy atom. The van der Waals surface area contributed by atoms with E-state index in [1.165, 1.54) is 16.9 Å². The summed E-state index contributed by atoms with van der Waals surface area (Å²) < 4.78 is 5.11. The molecule has 2 rings (SSSR count). The van der Waals surface area contributed by atoms with Gasteiger partial charge in [0.2, 0.25) is 0 Å². The van der Waals surface area contributed by atoms with E-state index in [1.807, 2.05) is 18.2 Å². The normalized spacial score (nSPS) is 10.7. The number of carbonyl (C=O) groups is 1. The summed E-state index contributed by atoms with van der Waals surface area (Å²) in [6.45, 7) is 2.03. The molecule has 0 saturated carbocycles. The summed E-state index contributed by atoms with van der Waals surface area (Å²) >= 11 is 1.31. The maximum Gasteiger partial charge on any atom is 0.345 e. The van der Waals surface area contributed by atoms with Gasteiger partial charge in [-0.25, -0.2) is 4.79 Å². The fourth-order valence-corrected chi connectivity index (χ4v) is 2.73. The third-order valence-corrected chi connectivity index (χ3v) is 3.88. The van der Waals surface area contributed by atoms with Crippen LogP contribution in [0, 0.1) is 0 Å². The van der Waals surface area contributed by atoms with E-state index >= 15 is 0 Å². The van der Waals surface area contributed by atoms with Gasteiger partial charge in [0.1, 0.15) is 4.88 Å². The Morgan fingerprint density at radius 2 is 2.05 bits per heavy atom. The van der Waals surface area contributed by atoms with E-state index in [4.69, 9.17) is 9.84 Å². The lowest BCUT2D eigenvalue weighted by Gasteiger charge is -2.06. The van der Waals surface area contributed by atoms with Gasteiger partial charge in [0.25, 0.3) is 0 Å². The number of benzene rings is 1. The molecule has 2 N–H and O–H groups in total. The van der Waals surface area contributed by atoms with Gasteiger partial charge in [-0.2, -0.15) is 0 Å². The van der Waals surface area contributed by atoms with E-state index in [2.05, 4.69) is 17.4 Å². The molecule has 0 aliphatic carbocycles. The molecule has 4 nitrogen and oxygen atoms in total. The first kappa shape index (κ1) is 14.7. The minimum atomic E-state index is -0.867. The van der Waals surface area contributed by atoms with Crippen molar-refractivity contribution in [2.45, 2.75) is 19.7 Å². The van der Waals surface area contributed by atoms with Crippen molar-refractivity contribution in [3.05, 3.63) is 57.3 Å². The van der Waals surface area contributed by atoms with E-state index in [0.29, 0.717) is 18.0 Å². The maximum absolute atomic E-state index is 10.8. The van der Waals surface area contributed by atoms with E-state index in [-0.39, 0.29) is 0 Å². The molecule has 2 aromatic rings. The van der Waals surface area contributed by atoms with Gasteiger partial charge in [0.05, 0.1) is 6.61 Å². The van der Waals surface area contributed by atoms with Crippen molar-refractivity contribution in [1.29, 1.82) is 0 Å². The summed E-state index contributed by atoms with van der Waals surface area (Å²) in [5.74, 6) is -0.867. The fraction of sp³-hybridized carbons (Fsp3) is 0.267. The molecular weight excluding hydrogens is 274 g/mol. The highest BCUT2D eigenvalue weighted by molar-refractivity contribution is 7.13. The second-order valence-electron chi connectivity index (χ2n) is 4.43. The number of aromatic carboxylic acids is 1. The number of thiophene rings is 1. The highest BCUT2D eigenvalue weighted by atomic mass is 32.1. The molecule has 5 heteroatoms. The number of carboxylic acid groups (broad SMARTS) is 1. The number of nitrogens with one attached hydrogen (secondary N) is 1. The van der Waals surface area contributed by atoms with Crippen LogP contribution >= 0.6 is 11.3 Å². The number of rotatable bonds is 7. The maximum atomic E-state index is 10.8. The number of hydrogen-bond acceptors (Lipinski definition) is 4. The Morgan fingerprint density at radius 3 is 2.75 bits per heavy atom. The van der Waals surface area contributed by atoms with Gasteiger partial charge in [-0.1, -0.05) is 24.3 Å². The summed E-state index contributed by atoms with van der Waals surface area (Å²) in [4.78, 5) is 12.2. The van der Waals surface area contributed by atoms with Crippen molar-refractivity contribution in [3.63, 3.8) is 0 Å². The summed E-state index contributed by atoms with van der Waals surface area (Å²) in [5.41, 5.74) is 2.34. The van der Waals surface area contributed by atoms with Crippen LogP contribution in [0.2, 0.25) is 0 Å². The first-order valence-electron chi connectivity index (χ1n) is 6.28. The predicted molar refractivity (Wildman–Crippen MR) is 79.0 cm³/mol. The predicted octanol–water partition coefficient (Wildman–Crippen LogP) is 2.88. The quantitative estimate of drug-likeness (QED) is 0.823. The van der Waals surface area contributed by atoms with Gasteiger partial charge >= 0.3 is 5.97 Å². The second kappa shape index (κ2) is 7.19. The molecule has 0 amide bonds. The fourth-order valence-electron chi connectivity index (χ4n) is 1.91. The van der Waals surface area contributed by atoms with Gasteiger partial charge < -0.3 is 15.2 Å². The zero-order chi connectivity index (χ0) is 14.4. The van der Waals surface area contributed by atoms with Crippen LogP contribution in [0.4, 0.5) is 0 Å². The van der Waals surface area contributed by atoms with Crippen molar-refractivity contribution < 1.29 is 14.6 Å². The number of carboxylic acids is 1. The van der Waals surface area contributed by atoms with Gasteiger partial charge in [-0.3, -0.25) is 0 Å². The lowest BCUT2D eigenvalue weighted by molar-refractivity contribution is 0.0702. The molecule has 0 fully saturated rings. The van der Waals surface area contributed by atoms with Crippen LogP contribution in [-0.2, 0) is 24.4 Å². The lowest BCUT2D eigenvalue weighted by Crippen LogP contribution is -2.11. The molecular formula is C15H17NO3S. The minimum Gasteiger partial charge on any atom is -0.477 e. The average Bonchev–Trinajstić information content (AvgIpc) is 2.89. The van der Waals surface area contributed by atoms with E-state index in [0.717, 1.165) is 17.0 Å². The molecule has 20 heavy (non-hydrogen) atoms. The smallest absolute Gasteiger partial charge is 0.345 e. The lowest BCUT2D eigenvalue weighted by atomic mass is 10.1. The Hall–Kier alpha value is -1.69. The third-order valence-electron chi connectivity index (χ3n) is 2.80. The van der Waals surface area contributed by atoms with Crippen LogP contribution in [0.5, 0.6) is 0 Å². The Labute approximate surface area is 122 Å². The summed E-state index contributed by atoms with van der Waals surface area (Å²) in [6.07, 6.45) is 0. The molecule has 1 aromatic carbocycles. The second-order valence-corrected chi connectivity index (χ2v) is 5.60.